The molecule has 1 unspecified atom stereocenters. The minimum Gasteiger partial charge on any atom is -0.454 e. The van der Waals surface area contributed by atoms with Crippen LogP contribution in [-0.4, -0.2) is 12.2 Å². The summed E-state index contributed by atoms with van der Waals surface area (Å²) in [6.45, 7) is 1.90. The topological polar surface area (TPSA) is 26.3 Å². The van der Waals surface area contributed by atoms with Gasteiger partial charge in [-0.2, -0.15) is 0 Å². The van der Waals surface area contributed by atoms with Gasteiger partial charge in [0.1, 0.15) is 6.10 Å². The van der Waals surface area contributed by atoms with Crippen molar-refractivity contribution in [1.29, 1.82) is 0 Å². The summed E-state index contributed by atoms with van der Waals surface area (Å²) in [5.74, 6) is -0.188. The highest BCUT2D eigenvalue weighted by atomic mass is 32.2. The first-order valence-electron chi connectivity index (χ1n) is 4.12. The predicted molar refractivity (Wildman–Crippen MR) is 52.1 cm³/mol. The van der Waals surface area contributed by atoms with Crippen molar-refractivity contribution in [3.05, 3.63) is 29.3 Å². The summed E-state index contributed by atoms with van der Waals surface area (Å²) in [5.41, 5.74) is 1.76. The smallest absolute Gasteiger partial charge is 0.340 e. The van der Waals surface area contributed by atoms with Crippen molar-refractivity contribution in [2.75, 3.05) is 6.26 Å². The predicted octanol–water partition coefficient (Wildman–Crippen LogP) is 2.64. The van der Waals surface area contributed by atoms with Crippen LogP contribution in [0.1, 0.15) is 28.9 Å². The number of hydrogen-bond acceptors (Lipinski definition) is 3. The fourth-order valence-electron chi connectivity index (χ4n) is 1.56. The Kier molecular flexibility index (Phi) is 2.04. The molecular formula is C10H10O2S. The van der Waals surface area contributed by atoms with Crippen LogP contribution in [0.5, 0.6) is 0 Å². The second kappa shape index (κ2) is 3.07. The molecule has 1 aliphatic rings. The molecule has 0 radical (unpaired) electrons. The van der Waals surface area contributed by atoms with E-state index in [9.17, 15) is 4.79 Å². The van der Waals surface area contributed by atoms with Crippen LogP contribution in [0, 0.1) is 0 Å². The maximum atomic E-state index is 11.4. The SMILES string of the molecule is CSc1cccc2c1C(=O)OC2C. The van der Waals surface area contributed by atoms with Gasteiger partial charge in [-0.05, 0) is 19.2 Å². The summed E-state index contributed by atoms with van der Waals surface area (Å²) in [6, 6.07) is 5.86. The van der Waals surface area contributed by atoms with Crippen molar-refractivity contribution in [2.24, 2.45) is 0 Å². The van der Waals surface area contributed by atoms with Gasteiger partial charge in [0.05, 0.1) is 5.56 Å². The average Bonchev–Trinajstić information content (AvgIpc) is 2.43. The molecule has 68 valence electrons. The van der Waals surface area contributed by atoms with Crippen LogP contribution in [0.2, 0.25) is 0 Å². The van der Waals surface area contributed by atoms with Gasteiger partial charge >= 0.3 is 5.97 Å². The van der Waals surface area contributed by atoms with Gasteiger partial charge in [0.25, 0.3) is 0 Å². The van der Waals surface area contributed by atoms with Gasteiger partial charge in [0, 0.05) is 10.5 Å². The Morgan fingerprint density at radius 3 is 2.92 bits per heavy atom. The van der Waals surface area contributed by atoms with Crippen LogP contribution in [0.15, 0.2) is 23.1 Å². The Morgan fingerprint density at radius 2 is 2.23 bits per heavy atom. The Hall–Kier alpha value is -0.960. The minimum absolute atomic E-state index is 0.0883. The monoisotopic (exact) mass is 194 g/mol. The molecule has 0 N–H and O–H groups in total. The number of ether oxygens (including phenoxy) is 1. The lowest BCUT2D eigenvalue weighted by Gasteiger charge is -2.02. The van der Waals surface area contributed by atoms with E-state index in [-0.39, 0.29) is 12.1 Å². The van der Waals surface area contributed by atoms with E-state index in [1.165, 1.54) is 0 Å². The van der Waals surface area contributed by atoms with Crippen molar-refractivity contribution in [3.8, 4) is 0 Å². The largest absolute Gasteiger partial charge is 0.454 e. The van der Waals surface area contributed by atoms with Crippen molar-refractivity contribution >= 4 is 17.7 Å². The molecular weight excluding hydrogens is 184 g/mol. The molecule has 1 aliphatic heterocycles. The molecule has 1 atom stereocenters. The van der Waals surface area contributed by atoms with E-state index in [2.05, 4.69) is 0 Å². The highest BCUT2D eigenvalue weighted by molar-refractivity contribution is 7.98. The molecule has 0 fully saturated rings. The molecule has 0 aromatic heterocycles. The van der Waals surface area contributed by atoms with Gasteiger partial charge in [-0.1, -0.05) is 12.1 Å². The third-order valence-electron chi connectivity index (χ3n) is 2.20. The molecule has 0 spiro atoms. The molecule has 0 bridgehead atoms. The number of esters is 1. The number of fused-ring (bicyclic) bond motifs is 1. The van der Waals surface area contributed by atoms with Gasteiger partial charge in [-0.25, -0.2) is 4.79 Å². The molecule has 1 heterocycles. The second-order valence-corrected chi connectivity index (χ2v) is 3.82. The Morgan fingerprint density at radius 1 is 1.46 bits per heavy atom. The van der Waals surface area contributed by atoms with Gasteiger partial charge in [0.2, 0.25) is 0 Å². The molecule has 1 aromatic carbocycles. The van der Waals surface area contributed by atoms with E-state index in [0.29, 0.717) is 0 Å². The van der Waals surface area contributed by atoms with Gasteiger partial charge in [-0.3, -0.25) is 0 Å². The first kappa shape index (κ1) is 8.63. The zero-order valence-electron chi connectivity index (χ0n) is 7.53. The third-order valence-corrected chi connectivity index (χ3v) is 2.98. The Bertz CT molecular complexity index is 360. The lowest BCUT2D eigenvalue weighted by molar-refractivity contribution is 0.0419. The van der Waals surface area contributed by atoms with Gasteiger partial charge in [0.15, 0.2) is 0 Å². The number of hydrogen-bond donors (Lipinski definition) is 0. The summed E-state index contributed by atoms with van der Waals surface area (Å²) in [6.07, 6.45) is 1.88. The summed E-state index contributed by atoms with van der Waals surface area (Å²) >= 11 is 1.58. The molecule has 2 nitrogen and oxygen atoms in total. The Labute approximate surface area is 81.3 Å². The number of carbonyl (C=O) groups excluding carboxylic acids is 1. The molecule has 0 saturated carbocycles. The first-order valence-corrected chi connectivity index (χ1v) is 5.34. The van der Waals surface area contributed by atoms with Crippen LogP contribution < -0.4 is 0 Å². The fraction of sp³-hybridized carbons (Fsp3) is 0.300. The molecule has 0 aliphatic carbocycles. The second-order valence-electron chi connectivity index (χ2n) is 2.97. The molecule has 3 heteroatoms. The molecule has 13 heavy (non-hydrogen) atoms. The highest BCUT2D eigenvalue weighted by Gasteiger charge is 2.29. The van der Waals surface area contributed by atoms with E-state index >= 15 is 0 Å². The fourth-order valence-corrected chi connectivity index (χ4v) is 2.18. The summed E-state index contributed by atoms with van der Waals surface area (Å²) in [4.78, 5) is 12.4. The standard InChI is InChI=1S/C10H10O2S/c1-6-7-4-3-5-8(13-2)9(7)10(11)12-6/h3-6H,1-2H3. The average molecular weight is 194 g/mol. The van der Waals surface area contributed by atoms with Crippen LogP contribution in [0.3, 0.4) is 0 Å². The molecule has 1 aromatic rings. The zero-order valence-corrected chi connectivity index (χ0v) is 8.35. The number of thioether (sulfide) groups is 1. The summed E-state index contributed by atoms with van der Waals surface area (Å²) in [7, 11) is 0. The molecule has 2 rings (SSSR count). The van der Waals surface area contributed by atoms with E-state index < -0.39 is 0 Å². The number of benzene rings is 1. The minimum atomic E-state index is -0.188. The van der Waals surface area contributed by atoms with Crippen molar-refractivity contribution in [1.82, 2.24) is 0 Å². The van der Waals surface area contributed by atoms with Gasteiger partial charge < -0.3 is 4.74 Å². The maximum Gasteiger partial charge on any atom is 0.340 e. The number of cyclic esters (lactones) is 1. The normalized spacial score (nSPS) is 19.8. The lowest BCUT2D eigenvalue weighted by atomic mass is 10.1. The van der Waals surface area contributed by atoms with E-state index in [1.54, 1.807) is 11.8 Å². The van der Waals surface area contributed by atoms with Crippen molar-refractivity contribution < 1.29 is 9.53 Å². The summed E-state index contributed by atoms with van der Waals surface area (Å²) < 4.78 is 5.12. The molecule has 0 saturated heterocycles. The van der Waals surface area contributed by atoms with Crippen LogP contribution in [0.25, 0.3) is 0 Å². The lowest BCUT2D eigenvalue weighted by Crippen LogP contribution is -1.96. The Balaban J connectivity index is 2.62. The number of rotatable bonds is 1. The van der Waals surface area contributed by atoms with Crippen LogP contribution >= 0.6 is 11.8 Å². The van der Waals surface area contributed by atoms with Crippen molar-refractivity contribution in [2.45, 2.75) is 17.9 Å². The van der Waals surface area contributed by atoms with Crippen LogP contribution in [-0.2, 0) is 4.74 Å². The van der Waals surface area contributed by atoms with E-state index in [0.717, 1.165) is 16.0 Å². The van der Waals surface area contributed by atoms with E-state index in [4.69, 9.17) is 4.74 Å². The number of carbonyl (C=O) groups is 1. The van der Waals surface area contributed by atoms with Crippen LogP contribution in [0.4, 0.5) is 0 Å². The highest BCUT2D eigenvalue weighted by Crippen LogP contribution is 2.35. The first-order chi connectivity index (χ1) is 6.24. The zero-order chi connectivity index (χ0) is 9.42. The summed E-state index contributed by atoms with van der Waals surface area (Å²) in [5, 5.41) is 0. The van der Waals surface area contributed by atoms with Gasteiger partial charge in [-0.15, -0.1) is 11.8 Å². The molecule has 0 amide bonds. The van der Waals surface area contributed by atoms with E-state index in [1.807, 2.05) is 31.4 Å². The van der Waals surface area contributed by atoms with Crippen molar-refractivity contribution in [3.63, 3.8) is 0 Å². The quantitative estimate of drug-likeness (QED) is 0.508. The maximum absolute atomic E-state index is 11.4. The third kappa shape index (κ3) is 1.23.